The molecule has 1 fully saturated rings. The average molecular weight is 425 g/mol. The lowest BCUT2D eigenvalue weighted by atomic mass is 9.91. The summed E-state index contributed by atoms with van der Waals surface area (Å²) in [5, 5.41) is 10.6. The molecule has 2 atom stereocenters. The van der Waals surface area contributed by atoms with E-state index in [1.54, 1.807) is 0 Å². The molecular weight excluding hydrogens is 404 g/mol. The second-order valence-electron chi connectivity index (χ2n) is 7.09. The van der Waals surface area contributed by atoms with Crippen LogP contribution in [0.25, 0.3) is 10.9 Å². The fourth-order valence-corrected chi connectivity index (χ4v) is 4.20. The molecule has 0 spiro atoms. The Hall–Kier alpha value is -2.24. The van der Waals surface area contributed by atoms with Crippen LogP contribution < -0.4 is 0 Å². The second-order valence-corrected chi connectivity index (χ2v) is 8.00. The highest BCUT2D eigenvalue weighted by atomic mass is 79.9. The van der Waals surface area contributed by atoms with Crippen LogP contribution in [0.15, 0.2) is 65.3 Å². The zero-order valence-corrected chi connectivity index (χ0v) is 16.5. The number of para-hydroxylation sites is 1. The smallest absolute Gasteiger partial charge is 0.307 e. The molecule has 2 heterocycles. The molecule has 0 saturated carbocycles. The maximum Gasteiger partial charge on any atom is 0.307 e. The lowest BCUT2D eigenvalue weighted by molar-refractivity contribution is -0.143. The van der Waals surface area contributed by atoms with Gasteiger partial charge >= 0.3 is 5.97 Å². The number of rotatable bonds is 4. The van der Waals surface area contributed by atoms with E-state index in [1.807, 2.05) is 36.5 Å². The molecule has 0 bridgehead atoms. The molecule has 0 amide bonds. The summed E-state index contributed by atoms with van der Waals surface area (Å²) in [7, 11) is 0. The second kappa shape index (κ2) is 7.79. The summed E-state index contributed by atoms with van der Waals surface area (Å²) in [6.45, 7) is 1.44. The van der Waals surface area contributed by atoms with Crippen LogP contribution in [0.1, 0.15) is 30.0 Å². The van der Waals surface area contributed by atoms with Crippen LogP contribution in [-0.4, -0.2) is 34.0 Å². The van der Waals surface area contributed by atoms with Gasteiger partial charge in [-0.05, 0) is 54.8 Å². The van der Waals surface area contributed by atoms with Crippen LogP contribution in [0.3, 0.4) is 0 Å². The van der Waals surface area contributed by atoms with E-state index >= 15 is 0 Å². The van der Waals surface area contributed by atoms with Crippen molar-refractivity contribution < 1.29 is 9.90 Å². The predicted octanol–water partition coefficient (Wildman–Crippen LogP) is 4.88. The Balaban J connectivity index is 1.77. The summed E-state index contributed by atoms with van der Waals surface area (Å²) in [5.74, 6) is -1.02. The fourth-order valence-electron chi connectivity index (χ4n) is 3.94. The molecule has 1 N–H and O–H groups in total. The number of halogens is 1. The minimum atomic E-state index is -0.703. The Morgan fingerprint density at radius 2 is 1.93 bits per heavy atom. The van der Waals surface area contributed by atoms with Gasteiger partial charge in [0, 0.05) is 22.6 Å². The molecule has 27 heavy (non-hydrogen) atoms. The van der Waals surface area contributed by atoms with Gasteiger partial charge in [0.1, 0.15) is 0 Å². The fraction of sp³-hybridized carbons (Fsp3) is 0.273. The molecule has 2 unspecified atom stereocenters. The number of carboxylic acids is 1. The zero-order chi connectivity index (χ0) is 18.8. The Bertz CT molecular complexity index is 958. The van der Waals surface area contributed by atoms with Gasteiger partial charge in [0.05, 0.1) is 17.5 Å². The van der Waals surface area contributed by atoms with Gasteiger partial charge in [-0.15, -0.1) is 0 Å². The van der Waals surface area contributed by atoms with Crippen LogP contribution >= 0.6 is 15.9 Å². The topological polar surface area (TPSA) is 53.4 Å². The monoisotopic (exact) mass is 424 g/mol. The van der Waals surface area contributed by atoms with Crippen molar-refractivity contribution in [2.45, 2.75) is 18.9 Å². The number of aliphatic carboxylic acids is 1. The maximum atomic E-state index is 11.6. The molecule has 1 aromatic heterocycles. The van der Waals surface area contributed by atoms with Gasteiger partial charge in [-0.2, -0.15) is 0 Å². The molecule has 2 aromatic carbocycles. The molecule has 0 aliphatic carbocycles. The first-order chi connectivity index (χ1) is 13.1. The van der Waals surface area contributed by atoms with Gasteiger partial charge in [-0.25, -0.2) is 0 Å². The van der Waals surface area contributed by atoms with Crippen LogP contribution in [0, 0.1) is 5.92 Å². The number of benzene rings is 2. The van der Waals surface area contributed by atoms with Crippen LogP contribution in [0.4, 0.5) is 0 Å². The number of aromatic nitrogens is 1. The van der Waals surface area contributed by atoms with Gasteiger partial charge in [-0.3, -0.25) is 14.7 Å². The lowest BCUT2D eigenvalue weighted by Gasteiger charge is -2.37. The molecule has 1 saturated heterocycles. The number of fused-ring (bicyclic) bond motifs is 1. The number of likely N-dealkylation sites (tertiary alicyclic amines) is 1. The van der Waals surface area contributed by atoms with Crippen molar-refractivity contribution in [3.63, 3.8) is 0 Å². The zero-order valence-electron chi connectivity index (χ0n) is 14.9. The van der Waals surface area contributed by atoms with E-state index in [0.717, 1.165) is 45.9 Å². The van der Waals surface area contributed by atoms with Crippen molar-refractivity contribution >= 4 is 32.8 Å². The summed E-state index contributed by atoms with van der Waals surface area (Å²) in [6.07, 6.45) is 3.57. The van der Waals surface area contributed by atoms with Gasteiger partial charge in [-0.1, -0.05) is 46.3 Å². The molecule has 1 aliphatic rings. The minimum absolute atomic E-state index is 0.00245. The average Bonchev–Trinajstić information content (AvgIpc) is 2.70. The Morgan fingerprint density at radius 3 is 2.70 bits per heavy atom. The number of carbonyl (C=O) groups is 1. The summed E-state index contributed by atoms with van der Waals surface area (Å²) in [4.78, 5) is 18.5. The maximum absolute atomic E-state index is 11.6. The van der Waals surface area contributed by atoms with E-state index in [0.29, 0.717) is 6.54 Å². The minimum Gasteiger partial charge on any atom is -0.481 e. The van der Waals surface area contributed by atoms with Crippen LogP contribution in [0.2, 0.25) is 0 Å². The standard InChI is InChI=1S/C22H21BrN2O2/c23-19-9-7-15(8-10-19)21(25-11-3-5-17(14-25)22(26)27)18-12-16-4-1-2-6-20(16)24-13-18/h1-2,4,6-10,12-13,17,21H,3,5,11,14H2,(H,26,27). The summed E-state index contributed by atoms with van der Waals surface area (Å²) in [6, 6.07) is 18.5. The highest BCUT2D eigenvalue weighted by molar-refractivity contribution is 9.10. The van der Waals surface area contributed by atoms with E-state index in [2.05, 4.69) is 50.1 Å². The predicted molar refractivity (Wildman–Crippen MR) is 110 cm³/mol. The first-order valence-corrected chi connectivity index (χ1v) is 9.98. The van der Waals surface area contributed by atoms with Crippen molar-refractivity contribution in [2.24, 2.45) is 5.92 Å². The van der Waals surface area contributed by atoms with Gasteiger partial charge in [0.2, 0.25) is 0 Å². The molecule has 0 radical (unpaired) electrons. The third kappa shape index (κ3) is 3.89. The third-order valence-electron chi connectivity index (χ3n) is 5.28. The first-order valence-electron chi connectivity index (χ1n) is 9.19. The molecule has 138 valence electrons. The van der Waals surface area contributed by atoms with Gasteiger partial charge in [0.15, 0.2) is 0 Å². The molecule has 1 aliphatic heterocycles. The Kier molecular flexibility index (Phi) is 5.23. The first kappa shape index (κ1) is 18.1. The number of nitrogens with zero attached hydrogens (tertiary/aromatic N) is 2. The van der Waals surface area contributed by atoms with Crippen LogP contribution in [-0.2, 0) is 4.79 Å². The molecule has 4 nitrogen and oxygen atoms in total. The molecular formula is C22H21BrN2O2. The molecule has 3 aromatic rings. The summed E-state index contributed by atoms with van der Waals surface area (Å²) >= 11 is 3.50. The Labute approximate surface area is 167 Å². The summed E-state index contributed by atoms with van der Waals surface area (Å²) < 4.78 is 1.03. The van der Waals surface area contributed by atoms with Gasteiger partial charge in [0.25, 0.3) is 0 Å². The largest absolute Gasteiger partial charge is 0.481 e. The van der Waals surface area contributed by atoms with Crippen molar-refractivity contribution in [1.29, 1.82) is 0 Å². The van der Waals surface area contributed by atoms with Crippen molar-refractivity contribution in [3.05, 3.63) is 76.4 Å². The van der Waals surface area contributed by atoms with Crippen LogP contribution in [0.5, 0.6) is 0 Å². The van der Waals surface area contributed by atoms with E-state index in [1.165, 1.54) is 0 Å². The molecule has 5 heteroatoms. The quantitative estimate of drug-likeness (QED) is 0.647. The number of hydrogen-bond donors (Lipinski definition) is 1. The highest BCUT2D eigenvalue weighted by Gasteiger charge is 2.31. The number of carboxylic acid groups (broad SMARTS) is 1. The van der Waals surface area contributed by atoms with Crippen molar-refractivity contribution in [1.82, 2.24) is 9.88 Å². The van der Waals surface area contributed by atoms with E-state index in [9.17, 15) is 9.90 Å². The van der Waals surface area contributed by atoms with E-state index < -0.39 is 5.97 Å². The molecule has 4 rings (SSSR count). The number of piperidine rings is 1. The highest BCUT2D eigenvalue weighted by Crippen LogP contribution is 2.34. The number of hydrogen-bond acceptors (Lipinski definition) is 3. The number of pyridine rings is 1. The summed E-state index contributed by atoms with van der Waals surface area (Å²) in [5.41, 5.74) is 3.22. The normalized spacial score (nSPS) is 19.1. The lowest BCUT2D eigenvalue weighted by Crippen LogP contribution is -2.41. The van der Waals surface area contributed by atoms with Crippen molar-refractivity contribution in [3.8, 4) is 0 Å². The van der Waals surface area contributed by atoms with Gasteiger partial charge < -0.3 is 5.11 Å². The van der Waals surface area contributed by atoms with Crippen molar-refractivity contribution in [2.75, 3.05) is 13.1 Å². The third-order valence-corrected chi connectivity index (χ3v) is 5.81. The van der Waals surface area contributed by atoms with E-state index in [-0.39, 0.29) is 12.0 Å². The van der Waals surface area contributed by atoms with E-state index in [4.69, 9.17) is 0 Å². The Morgan fingerprint density at radius 1 is 1.15 bits per heavy atom. The SMILES string of the molecule is O=C(O)C1CCCN(C(c2ccc(Br)cc2)c2cnc3ccccc3c2)C1.